The van der Waals surface area contributed by atoms with E-state index in [-0.39, 0.29) is 22.7 Å². The van der Waals surface area contributed by atoms with Crippen molar-refractivity contribution in [3.05, 3.63) is 141 Å². The van der Waals surface area contributed by atoms with Crippen molar-refractivity contribution in [2.75, 3.05) is 19.4 Å². The monoisotopic (exact) mass is 676 g/mol. The summed E-state index contributed by atoms with van der Waals surface area (Å²) in [5, 5.41) is 1.95. The van der Waals surface area contributed by atoms with Crippen LogP contribution in [0.3, 0.4) is 0 Å². The Labute approximate surface area is 277 Å². The van der Waals surface area contributed by atoms with Crippen molar-refractivity contribution in [2.45, 2.75) is 16.6 Å². The Kier molecular flexibility index (Phi) is 11.0. The molecular formula is C35H30Cl2N2O4S2. The highest BCUT2D eigenvalue weighted by molar-refractivity contribution is 7.99. The minimum Gasteiger partial charge on any atom is -0.465 e. The van der Waals surface area contributed by atoms with Crippen molar-refractivity contribution >= 4 is 74.0 Å². The number of carbonyl (C=O) groups is 1. The summed E-state index contributed by atoms with van der Waals surface area (Å²) in [5.41, 5.74) is 5.13. The summed E-state index contributed by atoms with van der Waals surface area (Å²) < 4.78 is 33.8. The van der Waals surface area contributed by atoms with Gasteiger partial charge >= 0.3 is 5.97 Å². The minimum absolute atomic E-state index is 0.155. The highest BCUT2D eigenvalue weighted by Gasteiger charge is 2.19. The molecule has 5 aromatic rings. The second-order valence-corrected chi connectivity index (χ2v) is 14.1. The molecule has 1 N–H and O–H groups in total. The minimum atomic E-state index is -3.75. The fourth-order valence-corrected chi connectivity index (χ4v) is 7.27. The summed E-state index contributed by atoms with van der Waals surface area (Å²) in [6, 6.07) is 31.0. The molecule has 45 heavy (non-hydrogen) atoms. The maximum atomic E-state index is 13.1. The molecule has 0 spiro atoms. The zero-order valence-electron chi connectivity index (χ0n) is 24.3. The summed E-state index contributed by atoms with van der Waals surface area (Å²) in [6.07, 6.45) is 4.68. The van der Waals surface area contributed by atoms with Crippen LogP contribution in [0.15, 0.2) is 108 Å². The number of fused-ring (bicyclic) bond motifs is 1. The number of methoxy groups -OCH3 is 1. The third kappa shape index (κ3) is 8.96. The molecule has 0 saturated heterocycles. The molecule has 4 aromatic carbocycles. The standard InChI is InChI=1S/C35H30Cl2N2O4S2/c1-43-35(40)27-8-5-24(6-9-27)19-20-44-34(23-38-45(41,42)32-17-13-29(36)14-18-32)28-4-2-3-25(21-28)7-15-31-16-11-26-10-12-30(37)22-33(26)39-31/h2-18,21-22,34,38H,19-20,23H2,1H3/b15-7+. The topological polar surface area (TPSA) is 85.4 Å². The van der Waals surface area contributed by atoms with Gasteiger partial charge in [0.15, 0.2) is 0 Å². The largest absolute Gasteiger partial charge is 0.465 e. The Balaban J connectivity index is 1.33. The van der Waals surface area contributed by atoms with E-state index in [9.17, 15) is 13.2 Å². The lowest BCUT2D eigenvalue weighted by Crippen LogP contribution is -2.28. The van der Waals surface area contributed by atoms with Crippen LogP contribution < -0.4 is 4.72 Å². The first-order valence-electron chi connectivity index (χ1n) is 14.1. The molecule has 0 amide bonds. The van der Waals surface area contributed by atoms with Crippen molar-refractivity contribution in [3.63, 3.8) is 0 Å². The van der Waals surface area contributed by atoms with Crippen LogP contribution in [-0.4, -0.2) is 38.8 Å². The van der Waals surface area contributed by atoms with Crippen molar-refractivity contribution in [3.8, 4) is 0 Å². The number of carbonyl (C=O) groups excluding carboxylic acids is 1. The van der Waals surface area contributed by atoms with E-state index in [1.54, 1.807) is 36.0 Å². The van der Waals surface area contributed by atoms with E-state index in [1.807, 2.05) is 72.8 Å². The molecule has 1 aromatic heterocycles. The summed E-state index contributed by atoms with van der Waals surface area (Å²) in [6.45, 7) is 0.192. The number of pyridine rings is 1. The summed E-state index contributed by atoms with van der Waals surface area (Å²) in [7, 11) is -2.39. The number of esters is 1. The molecule has 6 nitrogen and oxygen atoms in total. The number of thioether (sulfide) groups is 1. The van der Waals surface area contributed by atoms with Gasteiger partial charge < -0.3 is 4.74 Å². The average Bonchev–Trinajstić information content (AvgIpc) is 3.05. The van der Waals surface area contributed by atoms with E-state index in [1.165, 1.54) is 19.2 Å². The fraction of sp³-hybridized carbons (Fsp3) is 0.143. The van der Waals surface area contributed by atoms with Crippen molar-refractivity contribution in [1.29, 1.82) is 0 Å². The van der Waals surface area contributed by atoms with Gasteiger partial charge in [-0.1, -0.05) is 77.8 Å². The highest BCUT2D eigenvalue weighted by atomic mass is 35.5. The number of halogens is 2. The van der Waals surface area contributed by atoms with Crippen LogP contribution >= 0.6 is 35.0 Å². The van der Waals surface area contributed by atoms with E-state index in [0.29, 0.717) is 15.6 Å². The zero-order valence-corrected chi connectivity index (χ0v) is 27.5. The van der Waals surface area contributed by atoms with Gasteiger partial charge in [-0.3, -0.25) is 0 Å². The van der Waals surface area contributed by atoms with E-state index >= 15 is 0 Å². The van der Waals surface area contributed by atoms with Crippen LogP contribution in [0.4, 0.5) is 0 Å². The molecule has 5 rings (SSSR count). The molecule has 1 unspecified atom stereocenters. The molecule has 230 valence electrons. The van der Waals surface area contributed by atoms with Crippen LogP contribution in [-0.2, 0) is 21.2 Å². The van der Waals surface area contributed by atoms with Crippen LogP contribution in [0, 0.1) is 0 Å². The van der Waals surface area contributed by atoms with Crippen LogP contribution in [0.1, 0.15) is 38.0 Å². The maximum Gasteiger partial charge on any atom is 0.337 e. The van der Waals surface area contributed by atoms with Gasteiger partial charge in [0.1, 0.15) is 0 Å². The number of rotatable bonds is 12. The number of aromatic nitrogens is 1. The summed E-state index contributed by atoms with van der Waals surface area (Å²) >= 11 is 13.8. The van der Waals surface area contributed by atoms with Crippen molar-refractivity contribution in [2.24, 2.45) is 0 Å². The van der Waals surface area contributed by atoms with Crippen LogP contribution in [0.25, 0.3) is 23.1 Å². The molecule has 10 heteroatoms. The van der Waals surface area contributed by atoms with Crippen LogP contribution in [0.2, 0.25) is 10.0 Å². The second kappa shape index (κ2) is 15.1. The third-order valence-corrected chi connectivity index (χ3v) is 10.3. The quantitative estimate of drug-likeness (QED) is 0.133. The van der Waals surface area contributed by atoms with Gasteiger partial charge in [-0.05, 0) is 89.5 Å². The van der Waals surface area contributed by atoms with E-state index in [4.69, 9.17) is 32.9 Å². The molecule has 0 aliphatic heterocycles. The molecule has 1 heterocycles. The SMILES string of the molecule is COC(=O)c1ccc(CCSC(CNS(=O)(=O)c2ccc(Cl)cc2)c2cccc(/C=C/c3ccc4ccc(Cl)cc4n3)c2)cc1. The first-order valence-corrected chi connectivity index (χ1v) is 17.4. The number of aryl methyl sites for hydroxylation is 1. The molecule has 0 aliphatic carbocycles. The van der Waals surface area contributed by atoms with E-state index < -0.39 is 10.0 Å². The predicted molar refractivity (Wildman–Crippen MR) is 185 cm³/mol. The van der Waals surface area contributed by atoms with Crippen molar-refractivity contribution in [1.82, 2.24) is 9.71 Å². The number of nitrogens with one attached hydrogen (secondary N) is 1. The number of hydrogen-bond acceptors (Lipinski definition) is 6. The molecule has 0 saturated carbocycles. The number of sulfonamides is 1. The van der Waals surface area contributed by atoms with Gasteiger partial charge in [0.05, 0.1) is 28.8 Å². The first kappa shape index (κ1) is 32.7. The Bertz CT molecular complexity index is 1930. The summed E-state index contributed by atoms with van der Waals surface area (Å²) in [4.78, 5) is 16.6. The molecule has 0 radical (unpaired) electrons. The number of hydrogen-bond donors (Lipinski definition) is 1. The maximum absolute atomic E-state index is 13.1. The van der Waals surface area contributed by atoms with Gasteiger partial charge in [-0.15, -0.1) is 0 Å². The zero-order chi connectivity index (χ0) is 31.8. The van der Waals surface area contributed by atoms with Crippen molar-refractivity contribution < 1.29 is 17.9 Å². The third-order valence-electron chi connectivity index (χ3n) is 7.07. The molecule has 1 atom stereocenters. The average molecular weight is 678 g/mol. The van der Waals surface area contributed by atoms with Gasteiger partial charge in [0, 0.05) is 27.2 Å². The molecule has 0 bridgehead atoms. The number of benzene rings is 4. The Morgan fingerprint density at radius 3 is 2.40 bits per heavy atom. The van der Waals surface area contributed by atoms with Gasteiger partial charge in [-0.2, -0.15) is 11.8 Å². The highest BCUT2D eigenvalue weighted by Crippen LogP contribution is 2.31. The van der Waals surface area contributed by atoms with E-state index in [2.05, 4.69) is 10.8 Å². The first-order chi connectivity index (χ1) is 21.7. The van der Waals surface area contributed by atoms with Gasteiger partial charge in [0.25, 0.3) is 0 Å². The fourth-order valence-electron chi connectivity index (χ4n) is 4.64. The second-order valence-electron chi connectivity index (χ2n) is 10.2. The number of nitrogens with zero attached hydrogens (tertiary/aromatic N) is 1. The molecular weight excluding hydrogens is 647 g/mol. The van der Waals surface area contributed by atoms with Gasteiger partial charge in [0.2, 0.25) is 10.0 Å². The number of ether oxygens (including phenoxy) is 1. The normalized spacial score (nSPS) is 12.4. The molecule has 0 fully saturated rings. The Hall–Kier alpha value is -3.66. The molecule has 0 aliphatic rings. The summed E-state index contributed by atoms with van der Waals surface area (Å²) in [5.74, 6) is 0.354. The van der Waals surface area contributed by atoms with Crippen LogP contribution in [0.5, 0.6) is 0 Å². The Morgan fingerprint density at radius 2 is 1.64 bits per heavy atom. The van der Waals surface area contributed by atoms with Gasteiger partial charge in [-0.25, -0.2) is 22.9 Å². The lowest BCUT2D eigenvalue weighted by atomic mass is 10.1. The predicted octanol–water partition coefficient (Wildman–Crippen LogP) is 8.49. The lowest BCUT2D eigenvalue weighted by molar-refractivity contribution is 0.0600. The lowest BCUT2D eigenvalue weighted by Gasteiger charge is -2.19. The van der Waals surface area contributed by atoms with E-state index in [0.717, 1.165) is 45.5 Å². The Morgan fingerprint density at radius 1 is 0.911 bits per heavy atom. The smallest absolute Gasteiger partial charge is 0.337 e.